The van der Waals surface area contributed by atoms with Gasteiger partial charge >= 0.3 is 0 Å². The molecule has 4 nitrogen and oxygen atoms in total. The lowest BCUT2D eigenvalue weighted by Gasteiger charge is -2.10. The van der Waals surface area contributed by atoms with E-state index in [0.717, 1.165) is 33.8 Å². The van der Waals surface area contributed by atoms with Crippen LogP contribution in [0.3, 0.4) is 0 Å². The first kappa shape index (κ1) is 16.2. The number of carbonyl (C=O) groups excluding carboxylic acids is 1. The van der Waals surface area contributed by atoms with Gasteiger partial charge in [-0.05, 0) is 37.0 Å². The first-order chi connectivity index (χ1) is 11.5. The van der Waals surface area contributed by atoms with Crippen molar-refractivity contribution in [2.75, 3.05) is 5.32 Å². The predicted octanol–water partition coefficient (Wildman–Crippen LogP) is 4.60. The fourth-order valence-electron chi connectivity index (χ4n) is 2.85. The molecular weight excluding hydrogens is 298 g/mol. The molecule has 1 amide bonds. The molecule has 3 aromatic rings. The van der Waals surface area contributed by atoms with Crippen molar-refractivity contribution in [3.05, 3.63) is 53.7 Å². The summed E-state index contributed by atoms with van der Waals surface area (Å²) in [6.07, 6.45) is 2.50. The number of aryl methyl sites for hydroxylation is 2. The van der Waals surface area contributed by atoms with Crippen molar-refractivity contribution in [3.63, 3.8) is 0 Å². The zero-order chi connectivity index (χ0) is 17.3. The molecule has 2 aromatic heterocycles. The van der Waals surface area contributed by atoms with Crippen molar-refractivity contribution in [3.8, 4) is 11.3 Å². The van der Waals surface area contributed by atoms with Crippen molar-refractivity contribution in [2.24, 2.45) is 5.92 Å². The largest absolute Gasteiger partial charge is 0.310 e. The summed E-state index contributed by atoms with van der Waals surface area (Å²) in [6, 6.07) is 12.1. The average Bonchev–Trinajstić information content (AvgIpc) is 2.85. The summed E-state index contributed by atoms with van der Waals surface area (Å²) >= 11 is 0. The molecule has 0 spiro atoms. The molecule has 0 aliphatic carbocycles. The quantitative estimate of drug-likeness (QED) is 0.763. The molecule has 0 aliphatic rings. The first-order valence-corrected chi connectivity index (χ1v) is 8.30. The lowest BCUT2D eigenvalue weighted by Crippen LogP contribution is -2.15. The Bertz CT molecular complexity index is 893. The van der Waals surface area contributed by atoms with E-state index in [2.05, 4.69) is 18.3 Å². The lowest BCUT2D eigenvalue weighted by molar-refractivity contribution is -0.116. The third kappa shape index (κ3) is 3.18. The number of aromatic nitrogens is 2. The van der Waals surface area contributed by atoms with E-state index < -0.39 is 0 Å². The van der Waals surface area contributed by atoms with Crippen molar-refractivity contribution in [1.82, 2.24) is 9.38 Å². The van der Waals surface area contributed by atoms with E-state index in [-0.39, 0.29) is 5.91 Å². The van der Waals surface area contributed by atoms with Gasteiger partial charge in [-0.1, -0.05) is 44.2 Å². The van der Waals surface area contributed by atoms with Gasteiger partial charge in [-0.15, -0.1) is 0 Å². The van der Waals surface area contributed by atoms with Crippen molar-refractivity contribution in [2.45, 2.75) is 34.1 Å². The second-order valence-corrected chi connectivity index (χ2v) is 6.70. The summed E-state index contributed by atoms with van der Waals surface area (Å²) < 4.78 is 1.97. The Labute approximate surface area is 142 Å². The fraction of sp³-hybridized carbons (Fsp3) is 0.300. The monoisotopic (exact) mass is 321 g/mol. The lowest BCUT2D eigenvalue weighted by atomic mass is 10.1. The van der Waals surface area contributed by atoms with Crippen LogP contribution in [-0.4, -0.2) is 15.3 Å². The number of anilines is 1. The highest BCUT2D eigenvalue weighted by molar-refractivity contribution is 5.95. The maximum atomic E-state index is 12.4. The highest BCUT2D eigenvalue weighted by Crippen LogP contribution is 2.31. The summed E-state index contributed by atoms with van der Waals surface area (Å²) in [5, 5.41) is 3.08. The van der Waals surface area contributed by atoms with E-state index in [9.17, 15) is 4.79 Å². The zero-order valence-electron chi connectivity index (χ0n) is 14.6. The molecule has 1 aromatic carbocycles. The third-order valence-corrected chi connectivity index (χ3v) is 4.02. The van der Waals surface area contributed by atoms with E-state index in [4.69, 9.17) is 4.98 Å². The number of hydrogen-bond donors (Lipinski definition) is 1. The number of rotatable bonds is 4. The van der Waals surface area contributed by atoms with Gasteiger partial charge in [0.25, 0.3) is 0 Å². The molecule has 1 N–H and O–H groups in total. The van der Waals surface area contributed by atoms with E-state index in [1.165, 1.54) is 0 Å². The maximum absolute atomic E-state index is 12.4. The van der Waals surface area contributed by atoms with Gasteiger partial charge in [0.15, 0.2) is 0 Å². The fourth-order valence-corrected chi connectivity index (χ4v) is 2.85. The summed E-state index contributed by atoms with van der Waals surface area (Å²) in [7, 11) is 0. The number of pyridine rings is 1. The zero-order valence-corrected chi connectivity index (χ0v) is 14.6. The Balaban J connectivity index is 2.16. The van der Waals surface area contributed by atoms with E-state index in [0.29, 0.717) is 12.3 Å². The van der Waals surface area contributed by atoms with Gasteiger partial charge in [0.05, 0.1) is 0 Å². The first-order valence-electron chi connectivity index (χ1n) is 8.30. The Hall–Kier alpha value is -2.62. The molecule has 0 unspecified atom stereocenters. The van der Waals surface area contributed by atoms with Crippen LogP contribution < -0.4 is 5.32 Å². The van der Waals surface area contributed by atoms with Gasteiger partial charge in [-0.2, -0.15) is 0 Å². The molecule has 3 rings (SSSR count). The van der Waals surface area contributed by atoms with Crippen LogP contribution in [0.25, 0.3) is 16.9 Å². The molecule has 0 saturated carbocycles. The maximum Gasteiger partial charge on any atom is 0.225 e. The minimum atomic E-state index is 0.0168. The molecule has 0 fully saturated rings. The molecule has 124 valence electrons. The number of fused-ring (bicyclic) bond motifs is 1. The van der Waals surface area contributed by atoms with Crippen LogP contribution in [0, 0.1) is 19.8 Å². The summed E-state index contributed by atoms with van der Waals surface area (Å²) in [5.41, 5.74) is 4.95. The standard InChI is InChI=1S/C20H23N3O/c1-13(2)11-18(24)22-20-19(16-8-6-5-7-15(16)4)21-17-10-9-14(3)12-23(17)20/h5-10,12-13H,11H2,1-4H3,(H,22,24). The molecular formula is C20H23N3O. The Morgan fingerprint density at radius 1 is 1.17 bits per heavy atom. The molecule has 24 heavy (non-hydrogen) atoms. The Morgan fingerprint density at radius 3 is 2.62 bits per heavy atom. The molecule has 0 aliphatic heterocycles. The normalized spacial score (nSPS) is 11.2. The van der Waals surface area contributed by atoms with Gasteiger partial charge in [-0.25, -0.2) is 4.98 Å². The molecule has 0 saturated heterocycles. The summed E-state index contributed by atoms with van der Waals surface area (Å²) in [4.78, 5) is 17.1. The van der Waals surface area contributed by atoms with Gasteiger partial charge in [0, 0.05) is 18.2 Å². The second-order valence-electron chi connectivity index (χ2n) is 6.70. The number of amides is 1. The number of imidazole rings is 1. The van der Waals surface area contributed by atoms with Crippen molar-refractivity contribution < 1.29 is 4.79 Å². The minimum absolute atomic E-state index is 0.0168. The number of hydrogen-bond acceptors (Lipinski definition) is 2. The average molecular weight is 321 g/mol. The van der Waals surface area contributed by atoms with Crippen LogP contribution in [-0.2, 0) is 4.79 Å². The van der Waals surface area contributed by atoms with Crippen LogP contribution >= 0.6 is 0 Å². The summed E-state index contributed by atoms with van der Waals surface area (Å²) in [5.74, 6) is 1.07. The molecule has 4 heteroatoms. The molecule has 0 bridgehead atoms. The SMILES string of the molecule is Cc1ccc2nc(-c3ccccc3C)c(NC(=O)CC(C)C)n2c1. The summed E-state index contributed by atoms with van der Waals surface area (Å²) in [6.45, 7) is 8.18. The topological polar surface area (TPSA) is 46.4 Å². The predicted molar refractivity (Wildman–Crippen MR) is 98.2 cm³/mol. The van der Waals surface area contributed by atoms with Gasteiger partial charge in [0.2, 0.25) is 5.91 Å². The van der Waals surface area contributed by atoms with Crippen LogP contribution in [0.5, 0.6) is 0 Å². The number of carbonyl (C=O) groups is 1. The second kappa shape index (κ2) is 6.48. The molecule has 0 radical (unpaired) electrons. The highest BCUT2D eigenvalue weighted by atomic mass is 16.1. The highest BCUT2D eigenvalue weighted by Gasteiger charge is 2.18. The smallest absolute Gasteiger partial charge is 0.225 e. The van der Waals surface area contributed by atoms with Gasteiger partial charge < -0.3 is 5.32 Å². The Kier molecular flexibility index (Phi) is 4.38. The van der Waals surface area contributed by atoms with Crippen molar-refractivity contribution >= 4 is 17.4 Å². The van der Waals surface area contributed by atoms with Crippen LogP contribution in [0.1, 0.15) is 31.4 Å². The van der Waals surface area contributed by atoms with Gasteiger partial charge in [-0.3, -0.25) is 9.20 Å². The van der Waals surface area contributed by atoms with E-state index >= 15 is 0 Å². The van der Waals surface area contributed by atoms with E-state index in [1.807, 2.05) is 61.7 Å². The number of nitrogens with one attached hydrogen (secondary N) is 1. The molecule has 2 heterocycles. The van der Waals surface area contributed by atoms with Crippen LogP contribution in [0.4, 0.5) is 5.82 Å². The van der Waals surface area contributed by atoms with Gasteiger partial charge in [0.1, 0.15) is 17.2 Å². The third-order valence-electron chi connectivity index (χ3n) is 4.02. The van der Waals surface area contributed by atoms with Crippen molar-refractivity contribution in [1.29, 1.82) is 0 Å². The van der Waals surface area contributed by atoms with E-state index in [1.54, 1.807) is 0 Å². The van der Waals surface area contributed by atoms with Crippen LogP contribution in [0.15, 0.2) is 42.6 Å². The minimum Gasteiger partial charge on any atom is -0.310 e. The number of benzene rings is 1. The number of nitrogens with zero attached hydrogens (tertiary/aromatic N) is 2. The Morgan fingerprint density at radius 2 is 1.92 bits per heavy atom. The molecule has 0 atom stereocenters. The van der Waals surface area contributed by atoms with Crippen LogP contribution in [0.2, 0.25) is 0 Å².